The summed E-state index contributed by atoms with van der Waals surface area (Å²) in [6.45, 7) is 10.0. The van der Waals surface area contributed by atoms with E-state index in [0.29, 0.717) is 0 Å². The molecule has 0 N–H and O–H groups in total. The summed E-state index contributed by atoms with van der Waals surface area (Å²) in [5, 5.41) is 0. The van der Waals surface area contributed by atoms with E-state index in [2.05, 4.69) is 36.6 Å². The van der Waals surface area contributed by atoms with E-state index in [4.69, 9.17) is 4.98 Å². The topological polar surface area (TPSA) is 61.3 Å². The largest absolute Gasteiger partial charge is 0.356 e. The van der Waals surface area contributed by atoms with Gasteiger partial charge in [0, 0.05) is 56.7 Å². The fraction of sp³-hybridized carbons (Fsp3) is 0.556. The Balaban J connectivity index is 1.45. The standard InChI is InChI=1S/C18H25N7/c1-14-15(2)20-13-21-17(14)24-9-11-25(12-10-24)18-19-6-5-16(22-18)23-7-3-4-8-23/h5-6,13H,3-4,7-12H2,1-2H3. The highest BCUT2D eigenvalue weighted by molar-refractivity contribution is 5.50. The number of rotatable bonds is 3. The van der Waals surface area contributed by atoms with Crippen LogP contribution in [-0.4, -0.2) is 59.2 Å². The molecule has 0 aromatic carbocycles. The van der Waals surface area contributed by atoms with Gasteiger partial charge in [0.2, 0.25) is 5.95 Å². The van der Waals surface area contributed by atoms with Crippen LogP contribution in [0, 0.1) is 13.8 Å². The Morgan fingerprint density at radius 3 is 2.28 bits per heavy atom. The molecule has 2 aromatic heterocycles. The first-order valence-electron chi connectivity index (χ1n) is 9.08. The Morgan fingerprint density at radius 2 is 1.52 bits per heavy atom. The number of hydrogen-bond acceptors (Lipinski definition) is 7. The summed E-state index contributed by atoms with van der Waals surface area (Å²) in [4.78, 5) is 25.0. The van der Waals surface area contributed by atoms with Gasteiger partial charge in [-0.15, -0.1) is 0 Å². The summed E-state index contributed by atoms with van der Waals surface area (Å²) >= 11 is 0. The first-order chi connectivity index (χ1) is 12.2. The van der Waals surface area contributed by atoms with Crippen LogP contribution < -0.4 is 14.7 Å². The van der Waals surface area contributed by atoms with Crippen molar-refractivity contribution in [1.29, 1.82) is 0 Å². The average molecular weight is 339 g/mol. The van der Waals surface area contributed by atoms with Gasteiger partial charge in [0.05, 0.1) is 0 Å². The first kappa shape index (κ1) is 16.1. The second-order valence-electron chi connectivity index (χ2n) is 6.79. The average Bonchev–Trinajstić information content (AvgIpc) is 3.19. The smallest absolute Gasteiger partial charge is 0.227 e. The molecule has 4 rings (SSSR count). The molecular formula is C18H25N7. The van der Waals surface area contributed by atoms with Crippen LogP contribution in [0.2, 0.25) is 0 Å². The van der Waals surface area contributed by atoms with Gasteiger partial charge < -0.3 is 14.7 Å². The van der Waals surface area contributed by atoms with Crippen molar-refractivity contribution in [2.75, 3.05) is 54.0 Å². The quantitative estimate of drug-likeness (QED) is 0.845. The van der Waals surface area contributed by atoms with E-state index < -0.39 is 0 Å². The van der Waals surface area contributed by atoms with Crippen molar-refractivity contribution >= 4 is 17.6 Å². The Bertz CT molecular complexity index is 734. The van der Waals surface area contributed by atoms with Crippen LogP contribution >= 0.6 is 0 Å². The Morgan fingerprint density at radius 1 is 0.800 bits per heavy atom. The van der Waals surface area contributed by atoms with E-state index in [-0.39, 0.29) is 0 Å². The minimum absolute atomic E-state index is 0.847. The molecule has 4 heterocycles. The SMILES string of the molecule is Cc1ncnc(N2CCN(c3nccc(N4CCCC4)n3)CC2)c1C. The number of aromatic nitrogens is 4. The summed E-state index contributed by atoms with van der Waals surface area (Å²) in [6, 6.07) is 2.03. The lowest BCUT2D eigenvalue weighted by atomic mass is 10.2. The van der Waals surface area contributed by atoms with Gasteiger partial charge in [-0.25, -0.2) is 15.0 Å². The first-order valence-corrected chi connectivity index (χ1v) is 9.08. The maximum Gasteiger partial charge on any atom is 0.227 e. The highest BCUT2D eigenvalue weighted by Crippen LogP contribution is 2.23. The van der Waals surface area contributed by atoms with Gasteiger partial charge in [0.1, 0.15) is 18.0 Å². The third-order valence-corrected chi connectivity index (χ3v) is 5.23. The fourth-order valence-electron chi connectivity index (χ4n) is 3.58. The molecule has 0 bridgehead atoms. The van der Waals surface area contributed by atoms with Crippen molar-refractivity contribution in [2.24, 2.45) is 0 Å². The molecule has 0 unspecified atom stereocenters. The van der Waals surface area contributed by atoms with Crippen LogP contribution in [-0.2, 0) is 0 Å². The lowest BCUT2D eigenvalue weighted by molar-refractivity contribution is 0.631. The van der Waals surface area contributed by atoms with Gasteiger partial charge in [-0.2, -0.15) is 4.98 Å². The maximum atomic E-state index is 4.80. The summed E-state index contributed by atoms with van der Waals surface area (Å²) in [5.41, 5.74) is 2.22. The van der Waals surface area contributed by atoms with E-state index in [0.717, 1.165) is 62.5 Å². The third kappa shape index (κ3) is 3.23. The van der Waals surface area contributed by atoms with Gasteiger partial charge >= 0.3 is 0 Å². The van der Waals surface area contributed by atoms with Crippen LogP contribution in [0.5, 0.6) is 0 Å². The maximum absolute atomic E-state index is 4.80. The van der Waals surface area contributed by atoms with Crippen LogP contribution in [0.25, 0.3) is 0 Å². The lowest BCUT2D eigenvalue weighted by Crippen LogP contribution is -2.47. The van der Waals surface area contributed by atoms with Crippen molar-refractivity contribution in [3.8, 4) is 0 Å². The molecule has 2 aromatic rings. The summed E-state index contributed by atoms with van der Waals surface area (Å²) < 4.78 is 0. The summed E-state index contributed by atoms with van der Waals surface area (Å²) in [5.74, 6) is 2.96. The normalized spacial score (nSPS) is 18.1. The van der Waals surface area contributed by atoms with Gasteiger partial charge in [0.15, 0.2) is 0 Å². The number of nitrogens with zero attached hydrogens (tertiary/aromatic N) is 7. The minimum Gasteiger partial charge on any atom is -0.356 e. The second kappa shape index (κ2) is 6.82. The minimum atomic E-state index is 0.847. The van der Waals surface area contributed by atoms with E-state index in [1.165, 1.54) is 18.4 Å². The number of anilines is 3. The highest BCUT2D eigenvalue weighted by atomic mass is 15.3. The van der Waals surface area contributed by atoms with Crippen LogP contribution in [0.15, 0.2) is 18.6 Å². The van der Waals surface area contributed by atoms with E-state index in [9.17, 15) is 0 Å². The molecule has 7 heteroatoms. The van der Waals surface area contributed by atoms with E-state index >= 15 is 0 Å². The van der Waals surface area contributed by atoms with E-state index in [1.54, 1.807) is 6.33 Å². The molecule has 132 valence electrons. The molecule has 2 aliphatic rings. The predicted octanol–water partition coefficient (Wildman–Crippen LogP) is 1.81. The highest BCUT2D eigenvalue weighted by Gasteiger charge is 2.22. The number of aryl methyl sites for hydroxylation is 1. The monoisotopic (exact) mass is 339 g/mol. The lowest BCUT2D eigenvalue weighted by Gasteiger charge is -2.36. The molecule has 2 aliphatic heterocycles. The molecule has 2 fully saturated rings. The molecule has 0 radical (unpaired) electrons. The summed E-state index contributed by atoms with van der Waals surface area (Å²) in [7, 11) is 0. The molecule has 2 saturated heterocycles. The van der Waals surface area contributed by atoms with Crippen molar-refractivity contribution in [3.63, 3.8) is 0 Å². The molecule has 0 aliphatic carbocycles. The molecular weight excluding hydrogens is 314 g/mol. The predicted molar refractivity (Wildman–Crippen MR) is 99.4 cm³/mol. The molecule has 0 atom stereocenters. The molecule has 25 heavy (non-hydrogen) atoms. The van der Waals surface area contributed by atoms with Gasteiger partial charge in [-0.3, -0.25) is 0 Å². The molecule has 0 saturated carbocycles. The van der Waals surface area contributed by atoms with Crippen molar-refractivity contribution in [3.05, 3.63) is 29.8 Å². The number of hydrogen-bond donors (Lipinski definition) is 0. The van der Waals surface area contributed by atoms with Gasteiger partial charge in [-0.1, -0.05) is 0 Å². The van der Waals surface area contributed by atoms with Crippen LogP contribution in [0.3, 0.4) is 0 Å². The van der Waals surface area contributed by atoms with Gasteiger partial charge in [0.25, 0.3) is 0 Å². The van der Waals surface area contributed by atoms with Gasteiger partial charge in [-0.05, 0) is 32.8 Å². The van der Waals surface area contributed by atoms with Crippen molar-refractivity contribution in [1.82, 2.24) is 19.9 Å². The van der Waals surface area contributed by atoms with Crippen LogP contribution in [0.4, 0.5) is 17.6 Å². The van der Waals surface area contributed by atoms with Crippen molar-refractivity contribution < 1.29 is 0 Å². The van der Waals surface area contributed by atoms with Crippen LogP contribution in [0.1, 0.15) is 24.1 Å². The molecule has 0 spiro atoms. The Kier molecular flexibility index (Phi) is 4.38. The third-order valence-electron chi connectivity index (χ3n) is 5.23. The summed E-state index contributed by atoms with van der Waals surface area (Å²) in [6.07, 6.45) is 6.07. The molecule has 7 nitrogen and oxygen atoms in total. The molecule has 0 amide bonds. The fourth-order valence-corrected chi connectivity index (χ4v) is 3.58. The Hall–Kier alpha value is -2.44. The van der Waals surface area contributed by atoms with Crippen molar-refractivity contribution in [2.45, 2.75) is 26.7 Å². The Labute approximate surface area is 148 Å². The van der Waals surface area contributed by atoms with E-state index in [1.807, 2.05) is 19.2 Å². The zero-order valence-corrected chi connectivity index (χ0v) is 15.0. The number of piperazine rings is 1. The second-order valence-corrected chi connectivity index (χ2v) is 6.79. The zero-order chi connectivity index (χ0) is 17.2. The zero-order valence-electron chi connectivity index (χ0n) is 15.0.